The van der Waals surface area contributed by atoms with E-state index in [1.165, 1.54) is 12.1 Å². The summed E-state index contributed by atoms with van der Waals surface area (Å²) in [5.74, 6) is 0.312. The zero-order valence-electron chi connectivity index (χ0n) is 11.3. The number of nitrogens with zero attached hydrogens (tertiary/aromatic N) is 1. The fourth-order valence-electron chi connectivity index (χ4n) is 2.44. The fourth-order valence-corrected chi connectivity index (χ4v) is 2.68. The SMILES string of the molecule is N#Cc1ccc(NC(c2ccc(F)cc2)C2CC2)c(Cl)c1. The largest absolute Gasteiger partial charge is 0.377 e. The van der Waals surface area contributed by atoms with Crippen LogP contribution in [0.15, 0.2) is 42.5 Å². The lowest BCUT2D eigenvalue weighted by molar-refractivity contribution is 0.622. The number of benzene rings is 2. The molecule has 0 amide bonds. The van der Waals surface area contributed by atoms with Gasteiger partial charge in [0.25, 0.3) is 0 Å². The predicted octanol–water partition coefficient (Wildman–Crippen LogP) is 4.91. The van der Waals surface area contributed by atoms with Gasteiger partial charge < -0.3 is 5.32 Å². The van der Waals surface area contributed by atoms with E-state index >= 15 is 0 Å². The molecule has 1 aliphatic carbocycles. The minimum absolute atomic E-state index is 0.121. The third-order valence-electron chi connectivity index (χ3n) is 3.73. The first-order valence-corrected chi connectivity index (χ1v) is 7.27. The van der Waals surface area contributed by atoms with Crippen molar-refractivity contribution in [1.82, 2.24) is 0 Å². The number of hydrogen-bond donors (Lipinski definition) is 1. The van der Waals surface area contributed by atoms with Gasteiger partial charge in [-0.3, -0.25) is 0 Å². The summed E-state index contributed by atoms with van der Waals surface area (Å²) in [5, 5.41) is 12.8. The molecule has 2 nitrogen and oxygen atoms in total. The first-order valence-electron chi connectivity index (χ1n) is 6.89. The van der Waals surface area contributed by atoms with E-state index in [9.17, 15) is 4.39 Å². The quantitative estimate of drug-likeness (QED) is 0.870. The van der Waals surface area contributed by atoms with Crippen LogP contribution in [0.2, 0.25) is 5.02 Å². The molecule has 1 N–H and O–H groups in total. The summed E-state index contributed by atoms with van der Waals surface area (Å²) >= 11 is 6.22. The van der Waals surface area contributed by atoms with Crippen LogP contribution in [-0.2, 0) is 0 Å². The molecule has 21 heavy (non-hydrogen) atoms. The van der Waals surface area contributed by atoms with Crippen molar-refractivity contribution < 1.29 is 4.39 Å². The number of anilines is 1. The Morgan fingerprint density at radius 3 is 2.48 bits per heavy atom. The molecule has 2 aromatic carbocycles. The number of rotatable bonds is 4. The van der Waals surface area contributed by atoms with Gasteiger partial charge in [0, 0.05) is 0 Å². The Labute approximate surface area is 128 Å². The van der Waals surface area contributed by atoms with E-state index in [2.05, 4.69) is 11.4 Å². The Morgan fingerprint density at radius 1 is 1.19 bits per heavy atom. The fraction of sp³-hybridized carbons (Fsp3) is 0.235. The lowest BCUT2D eigenvalue weighted by Crippen LogP contribution is -2.13. The minimum atomic E-state index is -0.232. The maximum Gasteiger partial charge on any atom is 0.123 e. The second-order valence-corrected chi connectivity index (χ2v) is 5.72. The Balaban J connectivity index is 1.86. The van der Waals surface area contributed by atoms with Crippen LogP contribution in [0.4, 0.5) is 10.1 Å². The van der Waals surface area contributed by atoms with Crippen molar-refractivity contribution in [3.8, 4) is 6.07 Å². The molecule has 4 heteroatoms. The highest BCUT2D eigenvalue weighted by Crippen LogP contribution is 2.43. The first kappa shape index (κ1) is 13.9. The lowest BCUT2D eigenvalue weighted by atomic mass is 10.0. The normalized spacial score (nSPS) is 15.3. The Hall–Kier alpha value is -2.05. The van der Waals surface area contributed by atoms with E-state index in [1.54, 1.807) is 12.1 Å². The third kappa shape index (κ3) is 3.17. The van der Waals surface area contributed by atoms with Gasteiger partial charge in [0.15, 0.2) is 0 Å². The Morgan fingerprint density at radius 2 is 1.90 bits per heavy atom. The molecular weight excluding hydrogens is 287 g/mol. The average Bonchev–Trinajstić information content (AvgIpc) is 3.32. The summed E-state index contributed by atoms with van der Waals surface area (Å²) in [5.41, 5.74) is 2.39. The molecule has 0 spiro atoms. The summed E-state index contributed by atoms with van der Waals surface area (Å²) in [4.78, 5) is 0. The summed E-state index contributed by atoms with van der Waals surface area (Å²) in [6.07, 6.45) is 2.31. The second-order valence-electron chi connectivity index (χ2n) is 5.32. The highest BCUT2D eigenvalue weighted by atomic mass is 35.5. The van der Waals surface area contributed by atoms with Gasteiger partial charge in [-0.1, -0.05) is 23.7 Å². The highest BCUT2D eigenvalue weighted by Gasteiger charge is 2.32. The van der Waals surface area contributed by atoms with Gasteiger partial charge in [-0.2, -0.15) is 5.26 Å². The van der Waals surface area contributed by atoms with Crippen molar-refractivity contribution in [2.75, 3.05) is 5.32 Å². The third-order valence-corrected chi connectivity index (χ3v) is 4.04. The predicted molar refractivity (Wildman–Crippen MR) is 81.7 cm³/mol. The van der Waals surface area contributed by atoms with Crippen LogP contribution < -0.4 is 5.32 Å². The molecule has 0 aromatic heterocycles. The molecule has 1 saturated carbocycles. The van der Waals surface area contributed by atoms with Gasteiger partial charge in [0.1, 0.15) is 5.82 Å². The van der Waals surface area contributed by atoms with Crippen molar-refractivity contribution in [3.05, 3.63) is 64.4 Å². The number of halogens is 2. The van der Waals surface area contributed by atoms with E-state index < -0.39 is 0 Å². The van der Waals surface area contributed by atoms with E-state index in [-0.39, 0.29) is 11.9 Å². The molecule has 2 aromatic rings. The minimum Gasteiger partial charge on any atom is -0.377 e. The van der Waals surface area contributed by atoms with Gasteiger partial charge >= 0.3 is 0 Å². The molecule has 0 heterocycles. The zero-order chi connectivity index (χ0) is 14.8. The maximum atomic E-state index is 13.1. The summed E-state index contributed by atoms with van der Waals surface area (Å²) in [6.45, 7) is 0. The van der Waals surface area contributed by atoms with Crippen molar-refractivity contribution in [2.45, 2.75) is 18.9 Å². The summed E-state index contributed by atoms with van der Waals surface area (Å²) < 4.78 is 13.1. The van der Waals surface area contributed by atoms with Crippen LogP contribution in [0.1, 0.15) is 30.0 Å². The second kappa shape index (κ2) is 5.75. The monoisotopic (exact) mass is 300 g/mol. The van der Waals surface area contributed by atoms with Gasteiger partial charge in [-0.25, -0.2) is 4.39 Å². The van der Waals surface area contributed by atoms with Crippen LogP contribution in [0.5, 0.6) is 0 Å². The molecule has 1 fully saturated rings. The van der Waals surface area contributed by atoms with E-state index in [0.29, 0.717) is 16.5 Å². The lowest BCUT2D eigenvalue weighted by Gasteiger charge is -2.21. The molecule has 0 radical (unpaired) electrons. The zero-order valence-corrected chi connectivity index (χ0v) is 12.1. The van der Waals surface area contributed by atoms with Crippen LogP contribution in [0.3, 0.4) is 0 Å². The Kier molecular flexibility index (Phi) is 3.81. The standard InChI is InChI=1S/C17H14ClFN2/c18-15-9-11(10-20)1-8-16(15)21-17(12-2-3-12)13-4-6-14(19)7-5-13/h1,4-9,12,17,21H,2-3H2. The molecule has 1 atom stereocenters. The van der Waals surface area contributed by atoms with Crippen LogP contribution in [0.25, 0.3) is 0 Å². The molecule has 0 bridgehead atoms. The number of hydrogen-bond acceptors (Lipinski definition) is 2. The van der Waals surface area contributed by atoms with Gasteiger partial charge in [0.05, 0.1) is 28.4 Å². The van der Waals surface area contributed by atoms with Crippen LogP contribution in [-0.4, -0.2) is 0 Å². The van der Waals surface area contributed by atoms with Crippen molar-refractivity contribution >= 4 is 17.3 Å². The average molecular weight is 301 g/mol. The van der Waals surface area contributed by atoms with E-state index in [4.69, 9.17) is 16.9 Å². The first-order chi connectivity index (χ1) is 10.2. The van der Waals surface area contributed by atoms with Gasteiger partial charge in [-0.05, 0) is 54.7 Å². The van der Waals surface area contributed by atoms with Crippen LogP contribution in [0, 0.1) is 23.1 Å². The van der Waals surface area contributed by atoms with Gasteiger partial charge in [-0.15, -0.1) is 0 Å². The molecular formula is C17H14ClFN2. The summed E-state index contributed by atoms with van der Waals surface area (Å²) in [7, 11) is 0. The maximum absolute atomic E-state index is 13.1. The molecule has 0 aliphatic heterocycles. The Bertz CT molecular complexity index is 687. The van der Waals surface area contributed by atoms with Gasteiger partial charge in [0.2, 0.25) is 0 Å². The molecule has 106 valence electrons. The van der Waals surface area contributed by atoms with Crippen molar-refractivity contribution in [2.24, 2.45) is 5.92 Å². The molecule has 1 aliphatic rings. The molecule has 3 rings (SSSR count). The number of nitrogens with one attached hydrogen (secondary N) is 1. The van der Waals surface area contributed by atoms with E-state index in [1.807, 2.05) is 18.2 Å². The van der Waals surface area contributed by atoms with E-state index in [0.717, 1.165) is 24.1 Å². The van der Waals surface area contributed by atoms with Crippen molar-refractivity contribution in [3.63, 3.8) is 0 Å². The van der Waals surface area contributed by atoms with Crippen molar-refractivity contribution in [1.29, 1.82) is 5.26 Å². The molecule has 1 unspecified atom stereocenters. The highest BCUT2D eigenvalue weighted by molar-refractivity contribution is 6.33. The summed E-state index contributed by atoms with van der Waals surface area (Å²) in [6, 6.07) is 14.0. The van der Waals surface area contributed by atoms with Crippen LogP contribution >= 0.6 is 11.6 Å². The number of nitriles is 1. The smallest absolute Gasteiger partial charge is 0.123 e. The topological polar surface area (TPSA) is 35.8 Å². The molecule has 0 saturated heterocycles.